The van der Waals surface area contributed by atoms with Gasteiger partial charge in [-0.25, -0.2) is 9.78 Å². The Balaban J connectivity index is 1.63. The molecule has 0 bridgehead atoms. The molecule has 140 valence electrons. The van der Waals surface area contributed by atoms with Gasteiger partial charge in [0.2, 0.25) is 0 Å². The van der Waals surface area contributed by atoms with Gasteiger partial charge in [-0.15, -0.1) is 11.8 Å². The molecule has 2 fully saturated rings. The molecule has 1 aliphatic carbocycles. The molecule has 2 aromatic rings. The van der Waals surface area contributed by atoms with Gasteiger partial charge in [0.25, 0.3) is 0 Å². The fourth-order valence-electron chi connectivity index (χ4n) is 3.72. The lowest BCUT2D eigenvalue weighted by Gasteiger charge is -2.21. The van der Waals surface area contributed by atoms with Crippen LogP contribution in [0.5, 0.6) is 0 Å². The highest BCUT2D eigenvalue weighted by atomic mass is 35.5. The van der Waals surface area contributed by atoms with Crippen molar-refractivity contribution in [1.82, 2.24) is 14.8 Å². The summed E-state index contributed by atoms with van der Waals surface area (Å²) in [5, 5.41) is 1.10. The number of thioether (sulfide) groups is 1. The van der Waals surface area contributed by atoms with Crippen LogP contribution in [0.15, 0.2) is 29.2 Å². The number of amides is 4. The highest BCUT2D eigenvalue weighted by molar-refractivity contribution is 7.98. The van der Waals surface area contributed by atoms with Crippen molar-refractivity contribution in [2.24, 2.45) is 0 Å². The molecule has 27 heavy (non-hydrogen) atoms. The van der Waals surface area contributed by atoms with Gasteiger partial charge in [-0.05, 0) is 37.3 Å². The number of hydrogen-bond donors (Lipinski definition) is 0. The Morgan fingerprint density at radius 3 is 2.59 bits per heavy atom. The molecular formula is C19H18ClN3O3S. The smallest absolute Gasteiger partial charge is 0.263 e. The van der Waals surface area contributed by atoms with Crippen LogP contribution in [0.2, 0.25) is 5.15 Å². The van der Waals surface area contributed by atoms with Crippen LogP contribution in [0.3, 0.4) is 0 Å². The normalized spacial score (nSPS) is 18.4. The Bertz CT molecular complexity index is 959. The Morgan fingerprint density at radius 2 is 1.89 bits per heavy atom. The predicted octanol–water partition coefficient (Wildman–Crippen LogP) is 3.84. The SMILES string of the molecule is CSc1ccc2cc(CN3C(=O)C(=O)N(C4CCCC4)C3=O)c(Cl)nc2c1. The third-order valence-electron chi connectivity index (χ3n) is 5.15. The van der Waals surface area contributed by atoms with Crippen molar-refractivity contribution < 1.29 is 14.4 Å². The minimum atomic E-state index is -0.791. The van der Waals surface area contributed by atoms with Crippen LogP contribution in [0.4, 0.5) is 4.79 Å². The van der Waals surface area contributed by atoms with Crippen molar-refractivity contribution in [2.45, 2.75) is 43.2 Å². The summed E-state index contributed by atoms with van der Waals surface area (Å²) in [5.74, 6) is -1.53. The van der Waals surface area contributed by atoms with E-state index in [1.54, 1.807) is 11.8 Å². The first-order valence-electron chi connectivity index (χ1n) is 8.82. The fraction of sp³-hybridized carbons (Fsp3) is 0.368. The van der Waals surface area contributed by atoms with Gasteiger partial charge in [0.1, 0.15) is 5.15 Å². The largest absolute Gasteiger partial charge is 0.334 e. The zero-order valence-electron chi connectivity index (χ0n) is 14.8. The van der Waals surface area contributed by atoms with E-state index in [1.807, 2.05) is 30.5 Å². The maximum Gasteiger partial charge on any atom is 0.334 e. The van der Waals surface area contributed by atoms with Gasteiger partial charge in [0.05, 0.1) is 12.1 Å². The van der Waals surface area contributed by atoms with Gasteiger partial charge < -0.3 is 0 Å². The second-order valence-corrected chi connectivity index (χ2v) is 8.02. The monoisotopic (exact) mass is 403 g/mol. The van der Waals surface area contributed by atoms with Crippen molar-refractivity contribution in [2.75, 3.05) is 6.26 Å². The minimum Gasteiger partial charge on any atom is -0.263 e. The lowest BCUT2D eigenvalue weighted by Crippen LogP contribution is -2.39. The van der Waals surface area contributed by atoms with E-state index < -0.39 is 17.8 Å². The number of nitrogens with zero attached hydrogens (tertiary/aromatic N) is 3. The Hall–Kier alpha value is -2.12. The number of carbonyl (C=O) groups is 3. The average Bonchev–Trinajstić information content (AvgIpc) is 3.25. The van der Waals surface area contributed by atoms with Crippen LogP contribution in [0.1, 0.15) is 31.2 Å². The van der Waals surface area contributed by atoms with E-state index in [0.717, 1.165) is 51.3 Å². The number of fused-ring (bicyclic) bond motifs is 1. The van der Waals surface area contributed by atoms with E-state index in [9.17, 15) is 14.4 Å². The number of carbonyl (C=O) groups excluding carboxylic acids is 3. The molecule has 1 aliphatic heterocycles. The van der Waals surface area contributed by atoms with Crippen molar-refractivity contribution in [3.63, 3.8) is 0 Å². The Kier molecular flexibility index (Phi) is 4.82. The molecule has 2 aliphatic rings. The molecule has 0 unspecified atom stereocenters. The van der Waals surface area contributed by atoms with Crippen LogP contribution < -0.4 is 0 Å². The topological polar surface area (TPSA) is 70.6 Å². The molecule has 0 atom stereocenters. The summed E-state index contributed by atoms with van der Waals surface area (Å²) in [7, 11) is 0. The van der Waals surface area contributed by atoms with E-state index in [0.29, 0.717) is 5.56 Å². The van der Waals surface area contributed by atoms with Crippen molar-refractivity contribution >= 4 is 52.1 Å². The first-order chi connectivity index (χ1) is 13.0. The number of aromatic nitrogens is 1. The molecule has 4 amide bonds. The van der Waals surface area contributed by atoms with E-state index in [4.69, 9.17) is 11.6 Å². The molecule has 1 aromatic heterocycles. The molecule has 1 saturated carbocycles. The number of halogens is 1. The Morgan fingerprint density at radius 1 is 1.15 bits per heavy atom. The molecule has 0 spiro atoms. The van der Waals surface area contributed by atoms with Crippen molar-refractivity contribution in [3.05, 3.63) is 35.0 Å². The van der Waals surface area contributed by atoms with Crippen molar-refractivity contribution in [3.8, 4) is 0 Å². The standard InChI is InChI=1S/C19H18ClN3O3S/c1-27-14-7-6-11-8-12(16(20)21-15(11)9-14)10-22-17(24)18(25)23(19(22)26)13-4-2-3-5-13/h6-9,13H,2-5,10H2,1H3. The number of imide groups is 2. The number of urea groups is 1. The van der Waals surface area contributed by atoms with Gasteiger partial charge in [-0.2, -0.15) is 0 Å². The number of benzene rings is 1. The van der Waals surface area contributed by atoms with Gasteiger partial charge in [-0.1, -0.05) is 30.5 Å². The third-order valence-corrected chi connectivity index (χ3v) is 6.21. The summed E-state index contributed by atoms with van der Waals surface area (Å²) in [6, 6.07) is 6.94. The average molecular weight is 404 g/mol. The van der Waals surface area contributed by atoms with Crippen LogP contribution >= 0.6 is 23.4 Å². The molecule has 4 rings (SSSR count). The highest BCUT2D eigenvalue weighted by Gasteiger charge is 2.48. The zero-order chi connectivity index (χ0) is 19.1. The van der Waals surface area contributed by atoms with Crippen LogP contribution in [0.25, 0.3) is 10.9 Å². The van der Waals surface area contributed by atoms with Crippen molar-refractivity contribution in [1.29, 1.82) is 0 Å². The summed E-state index contributed by atoms with van der Waals surface area (Å²) < 4.78 is 0. The maximum absolute atomic E-state index is 12.7. The molecule has 1 saturated heterocycles. The summed E-state index contributed by atoms with van der Waals surface area (Å²) in [6.07, 6.45) is 5.43. The molecule has 6 nitrogen and oxygen atoms in total. The lowest BCUT2D eigenvalue weighted by molar-refractivity contribution is -0.144. The second kappa shape index (κ2) is 7.13. The summed E-state index contributed by atoms with van der Waals surface area (Å²) in [5.41, 5.74) is 1.29. The minimum absolute atomic E-state index is 0.0569. The van der Waals surface area contributed by atoms with E-state index in [-0.39, 0.29) is 17.7 Å². The van der Waals surface area contributed by atoms with Gasteiger partial charge in [0, 0.05) is 21.9 Å². The van der Waals surface area contributed by atoms with Crippen LogP contribution in [-0.4, -0.2) is 44.9 Å². The Labute approximate surface area is 165 Å². The number of hydrogen-bond acceptors (Lipinski definition) is 5. The fourth-order valence-corrected chi connectivity index (χ4v) is 4.36. The van der Waals surface area contributed by atoms with E-state index in [1.165, 1.54) is 0 Å². The van der Waals surface area contributed by atoms with E-state index >= 15 is 0 Å². The molecular weight excluding hydrogens is 386 g/mol. The second-order valence-electron chi connectivity index (χ2n) is 6.78. The first kappa shape index (κ1) is 18.3. The first-order valence-corrected chi connectivity index (χ1v) is 10.4. The highest BCUT2D eigenvalue weighted by Crippen LogP contribution is 2.30. The molecule has 0 N–H and O–H groups in total. The van der Waals surface area contributed by atoms with Gasteiger partial charge >= 0.3 is 17.8 Å². The van der Waals surface area contributed by atoms with Crippen LogP contribution in [0, 0.1) is 0 Å². The lowest BCUT2D eigenvalue weighted by atomic mass is 10.1. The van der Waals surface area contributed by atoms with Gasteiger partial charge in [0.15, 0.2) is 0 Å². The van der Waals surface area contributed by atoms with E-state index in [2.05, 4.69) is 4.98 Å². The molecule has 1 aromatic carbocycles. The molecule has 2 heterocycles. The zero-order valence-corrected chi connectivity index (χ0v) is 16.3. The summed E-state index contributed by atoms with van der Waals surface area (Å²) in [6.45, 7) is -0.0569. The number of rotatable bonds is 4. The quantitative estimate of drug-likeness (QED) is 0.335. The maximum atomic E-state index is 12.7. The van der Waals surface area contributed by atoms with Crippen LogP contribution in [-0.2, 0) is 16.1 Å². The summed E-state index contributed by atoms with van der Waals surface area (Å²) >= 11 is 7.92. The predicted molar refractivity (Wildman–Crippen MR) is 104 cm³/mol. The third kappa shape index (κ3) is 3.19. The van der Waals surface area contributed by atoms with Gasteiger partial charge in [-0.3, -0.25) is 19.4 Å². The molecule has 8 heteroatoms. The number of pyridine rings is 1. The molecule has 0 radical (unpaired) electrons. The summed E-state index contributed by atoms with van der Waals surface area (Å²) in [4.78, 5) is 45.0.